The highest BCUT2D eigenvalue weighted by molar-refractivity contribution is 9.10. The standard InChI is InChI=1S/C7H4BrClOS/c8-4-1-2-5(7(10)11)6(9)3-4/h1-3H,(H,10,11). The van der Waals surface area contributed by atoms with Crippen molar-refractivity contribution in [3.05, 3.63) is 33.3 Å². The average molecular weight is 252 g/mol. The highest BCUT2D eigenvalue weighted by atomic mass is 79.9. The van der Waals surface area contributed by atoms with Crippen LogP contribution in [0, 0.1) is 0 Å². The van der Waals surface area contributed by atoms with Crippen LogP contribution in [0.2, 0.25) is 5.02 Å². The second-order valence-corrected chi connectivity index (χ2v) is 3.66. The predicted molar refractivity (Wildman–Crippen MR) is 52.5 cm³/mol. The van der Waals surface area contributed by atoms with Crippen LogP contribution in [-0.4, -0.2) is 5.12 Å². The molecule has 58 valence electrons. The second-order valence-electron chi connectivity index (χ2n) is 1.93. The first-order chi connectivity index (χ1) is 5.11. The molecule has 0 aliphatic rings. The van der Waals surface area contributed by atoms with Gasteiger partial charge in [-0.05, 0) is 18.2 Å². The minimum absolute atomic E-state index is 0.317. The van der Waals surface area contributed by atoms with Gasteiger partial charge in [0.25, 0.3) is 0 Å². The van der Waals surface area contributed by atoms with Gasteiger partial charge in [-0.25, -0.2) is 0 Å². The number of thiol groups is 1. The summed E-state index contributed by atoms with van der Waals surface area (Å²) >= 11 is 12.6. The Hall–Kier alpha value is 0.01000. The Kier molecular flexibility index (Phi) is 2.98. The highest BCUT2D eigenvalue weighted by Gasteiger charge is 2.05. The van der Waals surface area contributed by atoms with Gasteiger partial charge in [-0.3, -0.25) is 4.79 Å². The van der Waals surface area contributed by atoms with Crippen molar-refractivity contribution in [3.63, 3.8) is 0 Å². The van der Waals surface area contributed by atoms with E-state index in [1.165, 1.54) is 0 Å². The molecule has 0 heterocycles. The fraction of sp³-hybridized carbons (Fsp3) is 0. The zero-order chi connectivity index (χ0) is 8.43. The van der Waals surface area contributed by atoms with Crippen LogP contribution in [0.4, 0.5) is 0 Å². The predicted octanol–water partition coefficient (Wildman–Crippen LogP) is 3.17. The van der Waals surface area contributed by atoms with E-state index < -0.39 is 0 Å². The Bertz CT molecular complexity index is 300. The summed E-state index contributed by atoms with van der Waals surface area (Å²) in [5, 5.41) is 0.0990. The van der Waals surface area contributed by atoms with Crippen LogP contribution in [0.5, 0.6) is 0 Å². The fourth-order valence-electron chi connectivity index (χ4n) is 0.663. The minimum atomic E-state index is -0.317. The number of benzene rings is 1. The molecule has 4 heteroatoms. The van der Waals surface area contributed by atoms with Gasteiger partial charge in [0, 0.05) is 10.0 Å². The lowest BCUT2D eigenvalue weighted by molar-refractivity contribution is 0.109. The third kappa shape index (κ3) is 2.22. The normalized spacial score (nSPS) is 9.73. The lowest BCUT2D eigenvalue weighted by atomic mass is 10.2. The Morgan fingerprint density at radius 1 is 1.55 bits per heavy atom. The smallest absolute Gasteiger partial charge is 0.217 e. The quantitative estimate of drug-likeness (QED) is 0.759. The highest BCUT2D eigenvalue weighted by Crippen LogP contribution is 2.22. The van der Waals surface area contributed by atoms with E-state index in [1.807, 2.05) is 0 Å². The summed E-state index contributed by atoms with van der Waals surface area (Å²) in [6.07, 6.45) is 0. The first-order valence-corrected chi connectivity index (χ1v) is 4.41. The van der Waals surface area contributed by atoms with Crippen LogP contribution in [0.25, 0.3) is 0 Å². The molecule has 0 aromatic heterocycles. The molecule has 11 heavy (non-hydrogen) atoms. The number of carbonyl (C=O) groups excluding carboxylic acids is 1. The molecule has 0 bridgehead atoms. The number of carbonyl (C=O) groups is 1. The van der Waals surface area contributed by atoms with Crippen LogP contribution < -0.4 is 0 Å². The number of hydrogen-bond donors (Lipinski definition) is 1. The molecule has 0 N–H and O–H groups in total. The summed E-state index contributed by atoms with van der Waals surface area (Å²) in [6.45, 7) is 0. The molecule has 1 aromatic carbocycles. The minimum Gasteiger partial charge on any atom is -0.282 e. The maximum Gasteiger partial charge on any atom is 0.217 e. The Labute approximate surface area is 83.3 Å². The first kappa shape index (κ1) is 9.10. The van der Waals surface area contributed by atoms with E-state index in [0.717, 1.165) is 4.47 Å². The molecule has 0 aliphatic heterocycles. The maximum absolute atomic E-state index is 10.7. The second kappa shape index (κ2) is 3.61. The largest absolute Gasteiger partial charge is 0.282 e. The summed E-state index contributed by atoms with van der Waals surface area (Å²) in [6, 6.07) is 5.03. The Morgan fingerprint density at radius 3 is 2.64 bits per heavy atom. The number of halogens is 2. The molecule has 0 fully saturated rings. The monoisotopic (exact) mass is 250 g/mol. The molecule has 0 unspecified atom stereocenters. The summed E-state index contributed by atoms with van der Waals surface area (Å²) in [5.41, 5.74) is 0.429. The van der Waals surface area contributed by atoms with Gasteiger partial charge in [-0.2, -0.15) is 0 Å². The van der Waals surface area contributed by atoms with Crippen LogP contribution in [0.15, 0.2) is 22.7 Å². The molecule has 0 aliphatic carbocycles. The molecule has 0 spiro atoms. The van der Waals surface area contributed by atoms with Crippen molar-refractivity contribution >= 4 is 45.3 Å². The van der Waals surface area contributed by atoms with Gasteiger partial charge in [0.15, 0.2) is 0 Å². The summed E-state index contributed by atoms with van der Waals surface area (Å²) in [4.78, 5) is 10.7. The van der Waals surface area contributed by atoms with Crippen molar-refractivity contribution in [2.45, 2.75) is 0 Å². The van der Waals surface area contributed by atoms with E-state index in [9.17, 15) is 4.79 Å². The molecule has 1 aromatic rings. The van der Waals surface area contributed by atoms with Crippen LogP contribution in [0.3, 0.4) is 0 Å². The average Bonchev–Trinajstić information content (AvgIpc) is 1.85. The van der Waals surface area contributed by atoms with Gasteiger partial charge in [-0.1, -0.05) is 27.5 Å². The zero-order valence-corrected chi connectivity index (χ0v) is 8.58. The van der Waals surface area contributed by atoms with Crippen molar-refractivity contribution in [3.8, 4) is 0 Å². The molecule has 0 saturated carbocycles. The van der Waals surface area contributed by atoms with Gasteiger partial charge in [0.2, 0.25) is 5.12 Å². The molecule has 0 atom stereocenters. The van der Waals surface area contributed by atoms with E-state index in [1.54, 1.807) is 18.2 Å². The molecular weight excluding hydrogens is 247 g/mol. The first-order valence-electron chi connectivity index (χ1n) is 2.79. The summed E-state index contributed by atoms with van der Waals surface area (Å²) in [7, 11) is 0. The van der Waals surface area contributed by atoms with Crippen LogP contribution in [-0.2, 0) is 0 Å². The number of hydrogen-bond acceptors (Lipinski definition) is 1. The molecular formula is C7H4BrClOS. The van der Waals surface area contributed by atoms with Gasteiger partial charge in [-0.15, -0.1) is 12.6 Å². The van der Waals surface area contributed by atoms with E-state index >= 15 is 0 Å². The third-order valence-electron chi connectivity index (χ3n) is 1.16. The summed E-state index contributed by atoms with van der Waals surface area (Å²) < 4.78 is 0.848. The van der Waals surface area contributed by atoms with E-state index in [-0.39, 0.29) is 5.12 Å². The van der Waals surface area contributed by atoms with Crippen molar-refractivity contribution in [2.24, 2.45) is 0 Å². The zero-order valence-electron chi connectivity index (χ0n) is 5.34. The van der Waals surface area contributed by atoms with Gasteiger partial charge < -0.3 is 0 Å². The molecule has 0 saturated heterocycles. The van der Waals surface area contributed by atoms with Gasteiger partial charge >= 0.3 is 0 Å². The molecule has 0 amide bonds. The van der Waals surface area contributed by atoms with Gasteiger partial charge in [0.1, 0.15) is 0 Å². The topological polar surface area (TPSA) is 17.1 Å². The lowest BCUT2D eigenvalue weighted by Crippen LogP contribution is -1.89. The number of rotatable bonds is 1. The molecule has 1 nitrogen and oxygen atoms in total. The SMILES string of the molecule is O=C(S)c1ccc(Br)cc1Cl. The van der Waals surface area contributed by atoms with Crippen molar-refractivity contribution in [1.29, 1.82) is 0 Å². The molecule has 1 rings (SSSR count). The van der Waals surface area contributed by atoms with Gasteiger partial charge in [0.05, 0.1) is 5.02 Å². The van der Waals surface area contributed by atoms with Crippen molar-refractivity contribution < 1.29 is 4.79 Å². The van der Waals surface area contributed by atoms with E-state index in [4.69, 9.17) is 11.6 Å². The van der Waals surface area contributed by atoms with E-state index in [2.05, 4.69) is 28.6 Å². The Balaban J connectivity index is 3.20. The Morgan fingerprint density at radius 2 is 2.18 bits per heavy atom. The fourth-order valence-corrected chi connectivity index (χ4v) is 1.68. The maximum atomic E-state index is 10.7. The lowest BCUT2D eigenvalue weighted by Gasteiger charge is -1.97. The van der Waals surface area contributed by atoms with E-state index in [0.29, 0.717) is 10.6 Å². The van der Waals surface area contributed by atoms with Crippen LogP contribution >= 0.6 is 40.2 Å². The third-order valence-corrected chi connectivity index (χ3v) is 2.21. The van der Waals surface area contributed by atoms with Crippen molar-refractivity contribution in [2.75, 3.05) is 0 Å². The summed E-state index contributed by atoms with van der Waals surface area (Å²) in [5.74, 6) is 0. The van der Waals surface area contributed by atoms with Crippen molar-refractivity contribution in [1.82, 2.24) is 0 Å². The molecule has 0 radical (unpaired) electrons. The van der Waals surface area contributed by atoms with Crippen LogP contribution in [0.1, 0.15) is 10.4 Å².